The van der Waals surface area contributed by atoms with Crippen LogP contribution in [-0.2, 0) is 7.05 Å². The first-order valence-corrected chi connectivity index (χ1v) is 5.00. The predicted molar refractivity (Wildman–Crippen MR) is 54.8 cm³/mol. The number of aliphatic hydroxyl groups excluding tert-OH is 1. The zero-order valence-corrected chi connectivity index (χ0v) is 8.93. The first-order chi connectivity index (χ1) is 6.06. The second kappa shape index (κ2) is 4.02. The standard InChI is InChI=1S/C8H15N3OS/c1-5(4-12)13-8-7(9)6(2)10-11(8)3/h5,12H,4,9H2,1-3H3. The number of hydrogen-bond donors (Lipinski definition) is 2. The molecule has 0 bridgehead atoms. The third-order valence-corrected chi connectivity index (χ3v) is 3.04. The van der Waals surface area contributed by atoms with Gasteiger partial charge in [-0.25, -0.2) is 0 Å². The zero-order valence-electron chi connectivity index (χ0n) is 8.11. The van der Waals surface area contributed by atoms with E-state index in [4.69, 9.17) is 10.8 Å². The molecule has 0 aliphatic heterocycles. The number of thioether (sulfide) groups is 1. The smallest absolute Gasteiger partial charge is 0.117 e. The number of aromatic nitrogens is 2. The van der Waals surface area contributed by atoms with Crippen LogP contribution in [-0.4, -0.2) is 26.7 Å². The van der Waals surface area contributed by atoms with Gasteiger partial charge < -0.3 is 10.8 Å². The molecule has 0 saturated heterocycles. The van der Waals surface area contributed by atoms with E-state index in [0.29, 0.717) is 5.69 Å². The van der Waals surface area contributed by atoms with Gasteiger partial charge in [0.25, 0.3) is 0 Å². The van der Waals surface area contributed by atoms with Gasteiger partial charge >= 0.3 is 0 Å². The van der Waals surface area contributed by atoms with E-state index < -0.39 is 0 Å². The van der Waals surface area contributed by atoms with Crippen molar-refractivity contribution in [1.29, 1.82) is 0 Å². The summed E-state index contributed by atoms with van der Waals surface area (Å²) >= 11 is 1.54. The second-order valence-electron chi connectivity index (χ2n) is 3.04. The van der Waals surface area contributed by atoms with Crippen LogP contribution < -0.4 is 5.73 Å². The molecule has 0 saturated carbocycles. The Morgan fingerprint density at radius 3 is 2.69 bits per heavy atom. The fourth-order valence-electron chi connectivity index (χ4n) is 1.02. The molecule has 0 spiro atoms. The van der Waals surface area contributed by atoms with Crippen LogP contribution in [0.1, 0.15) is 12.6 Å². The largest absolute Gasteiger partial charge is 0.395 e. The van der Waals surface area contributed by atoms with E-state index in [2.05, 4.69) is 5.10 Å². The molecule has 5 heteroatoms. The van der Waals surface area contributed by atoms with Gasteiger partial charge in [0.05, 0.1) is 18.0 Å². The topological polar surface area (TPSA) is 64.1 Å². The van der Waals surface area contributed by atoms with Crippen molar-refractivity contribution in [2.24, 2.45) is 7.05 Å². The van der Waals surface area contributed by atoms with E-state index in [-0.39, 0.29) is 11.9 Å². The van der Waals surface area contributed by atoms with E-state index in [1.165, 1.54) is 0 Å². The Bertz CT molecular complexity index is 298. The number of hydrogen-bond acceptors (Lipinski definition) is 4. The lowest BCUT2D eigenvalue weighted by molar-refractivity contribution is 0.300. The highest BCUT2D eigenvalue weighted by atomic mass is 32.2. The lowest BCUT2D eigenvalue weighted by Crippen LogP contribution is -2.05. The zero-order chi connectivity index (χ0) is 10.0. The van der Waals surface area contributed by atoms with Crippen LogP contribution in [0.3, 0.4) is 0 Å². The lowest BCUT2D eigenvalue weighted by Gasteiger charge is -2.07. The maximum absolute atomic E-state index is 8.89. The molecule has 1 heterocycles. The molecule has 0 fully saturated rings. The van der Waals surface area contributed by atoms with Gasteiger partial charge in [0.1, 0.15) is 5.03 Å². The Balaban J connectivity index is 2.87. The molecule has 0 radical (unpaired) electrons. The van der Waals surface area contributed by atoms with E-state index in [1.54, 1.807) is 16.4 Å². The Hall–Kier alpha value is -0.680. The first-order valence-electron chi connectivity index (χ1n) is 4.12. The minimum absolute atomic E-state index is 0.147. The van der Waals surface area contributed by atoms with Crippen molar-refractivity contribution in [1.82, 2.24) is 9.78 Å². The number of aryl methyl sites for hydroxylation is 2. The maximum Gasteiger partial charge on any atom is 0.117 e. The number of rotatable bonds is 3. The predicted octanol–water partition coefficient (Wildman–Crippen LogP) is 0.784. The Kier molecular flexibility index (Phi) is 3.22. The van der Waals surface area contributed by atoms with Crippen molar-refractivity contribution < 1.29 is 5.11 Å². The number of anilines is 1. The molecule has 0 amide bonds. The van der Waals surface area contributed by atoms with Crippen LogP contribution >= 0.6 is 11.8 Å². The lowest BCUT2D eigenvalue weighted by atomic mass is 10.4. The van der Waals surface area contributed by atoms with Crippen molar-refractivity contribution >= 4 is 17.4 Å². The summed E-state index contributed by atoms with van der Waals surface area (Å²) in [4.78, 5) is 0. The number of nitrogens with two attached hydrogens (primary N) is 1. The number of aliphatic hydroxyl groups is 1. The van der Waals surface area contributed by atoms with Crippen molar-refractivity contribution in [2.45, 2.75) is 24.1 Å². The first kappa shape index (κ1) is 10.4. The molecule has 4 nitrogen and oxygen atoms in total. The van der Waals surface area contributed by atoms with Crippen LogP contribution in [0.4, 0.5) is 5.69 Å². The van der Waals surface area contributed by atoms with Gasteiger partial charge in [0, 0.05) is 12.3 Å². The summed E-state index contributed by atoms with van der Waals surface area (Å²) < 4.78 is 1.75. The second-order valence-corrected chi connectivity index (χ2v) is 4.47. The van der Waals surface area contributed by atoms with Gasteiger partial charge in [-0.05, 0) is 6.92 Å². The number of nitrogen functional groups attached to an aromatic ring is 1. The highest BCUT2D eigenvalue weighted by Crippen LogP contribution is 2.29. The van der Waals surface area contributed by atoms with Gasteiger partial charge in [-0.15, -0.1) is 0 Å². The van der Waals surface area contributed by atoms with Crippen LogP contribution in [0.2, 0.25) is 0 Å². The molecule has 13 heavy (non-hydrogen) atoms. The molecule has 74 valence electrons. The molecule has 1 rings (SSSR count). The summed E-state index contributed by atoms with van der Waals surface area (Å²) in [5.41, 5.74) is 7.38. The Morgan fingerprint density at radius 1 is 1.69 bits per heavy atom. The van der Waals surface area contributed by atoms with E-state index in [9.17, 15) is 0 Å². The van der Waals surface area contributed by atoms with E-state index >= 15 is 0 Å². The van der Waals surface area contributed by atoms with Crippen LogP contribution in [0.15, 0.2) is 5.03 Å². The summed E-state index contributed by atoms with van der Waals surface area (Å²) in [6.45, 7) is 3.98. The van der Waals surface area contributed by atoms with Crippen molar-refractivity contribution in [3.05, 3.63) is 5.69 Å². The molecule has 3 N–H and O–H groups in total. The van der Waals surface area contributed by atoms with Crippen molar-refractivity contribution in [3.63, 3.8) is 0 Å². The SMILES string of the molecule is Cc1nn(C)c(SC(C)CO)c1N. The molecule has 1 aromatic heterocycles. The van der Waals surface area contributed by atoms with Gasteiger partial charge in [-0.1, -0.05) is 18.7 Å². The Morgan fingerprint density at radius 2 is 2.31 bits per heavy atom. The average molecular weight is 201 g/mol. The fraction of sp³-hybridized carbons (Fsp3) is 0.625. The summed E-state index contributed by atoms with van der Waals surface area (Å²) in [7, 11) is 1.86. The molecule has 1 atom stereocenters. The molecular formula is C8H15N3OS. The minimum Gasteiger partial charge on any atom is -0.395 e. The number of nitrogens with zero attached hydrogens (tertiary/aromatic N) is 2. The van der Waals surface area contributed by atoms with Crippen LogP contribution in [0, 0.1) is 6.92 Å². The average Bonchev–Trinajstić information content (AvgIpc) is 2.32. The fourth-order valence-corrected chi connectivity index (χ4v) is 1.94. The Labute approximate surface area is 82.1 Å². The molecule has 1 aromatic rings. The monoisotopic (exact) mass is 201 g/mol. The molecular weight excluding hydrogens is 186 g/mol. The quantitative estimate of drug-likeness (QED) is 0.709. The van der Waals surface area contributed by atoms with Gasteiger partial charge in [-0.2, -0.15) is 5.10 Å². The summed E-state index contributed by atoms with van der Waals surface area (Å²) in [5.74, 6) is 0. The van der Waals surface area contributed by atoms with Gasteiger partial charge in [-0.3, -0.25) is 4.68 Å². The summed E-state index contributed by atoms with van der Waals surface area (Å²) in [6.07, 6.45) is 0. The van der Waals surface area contributed by atoms with E-state index in [0.717, 1.165) is 10.7 Å². The van der Waals surface area contributed by atoms with Crippen molar-refractivity contribution in [3.8, 4) is 0 Å². The highest BCUT2D eigenvalue weighted by molar-refractivity contribution is 8.00. The van der Waals surface area contributed by atoms with Crippen molar-refractivity contribution in [2.75, 3.05) is 12.3 Å². The third kappa shape index (κ3) is 2.16. The van der Waals surface area contributed by atoms with Crippen LogP contribution in [0.25, 0.3) is 0 Å². The molecule has 0 aliphatic carbocycles. The van der Waals surface area contributed by atoms with E-state index in [1.807, 2.05) is 20.9 Å². The molecule has 1 unspecified atom stereocenters. The van der Waals surface area contributed by atoms with Crippen LogP contribution in [0.5, 0.6) is 0 Å². The normalized spacial score (nSPS) is 13.2. The third-order valence-electron chi connectivity index (χ3n) is 1.78. The highest BCUT2D eigenvalue weighted by Gasteiger charge is 2.13. The molecule has 0 aromatic carbocycles. The summed E-state index contributed by atoms with van der Waals surface area (Å²) in [5, 5.41) is 14.2. The van der Waals surface area contributed by atoms with Gasteiger partial charge in [0.2, 0.25) is 0 Å². The maximum atomic E-state index is 8.89. The minimum atomic E-state index is 0.147. The van der Waals surface area contributed by atoms with Gasteiger partial charge in [0.15, 0.2) is 0 Å². The molecule has 0 aliphatic rings. The summed E-state index contributed by atoms with van der Waals surface area (Å²) in [6, 6.07) is 0.